The second kappa shape index (κ2) is 5.29. The third-order valence-electron chi connectivity index (χ3n) is 2.04. The smallest absolute Gasteiger partial charge is 0.261 e. The van der Waals surface area contributed by atoms with Crippen LogP contribution in [0.1, 0.15) is 29.1 Å². The molecule has 0 saturated heterocycles. The molecule has 0 saturated carbocycles. The van der Waals surface area contributed by atoms with Crippen molar-refractivity contribution >= 4 is 33.2 Å². The highest BCUT2D eigenvalue weighted by Crippen LogP contribution is 2.27. The van der Waals surface area contributed by atoms with E-state index in [-0.39, 0.29) is 11.4 Å². The molecule has 16 heavy (non-hydrogen) atoms. The van der Waals surface area contributed by atoms with Crippen LogP contribution in [0.5, 0.6) is 0 Å². The van der Waals surface area contributed by atoms with Crippen molar-refractivity contribution in [3.8, 4) is 0 Å². The van der Waals surface area contributed by atoms with Crippen LogP contribution in [0.4, 0.5) is 0 Å². The standard InChI is InChI=1S/C11H16BrNO2S/c1-7-5-8(16-9(7)12)10(14)13-11(2,3)6-15-4/h5H,6H2,1-4H3,(H,13,14). The molecule has 1 aromatic heterocycles. The number of aryl methyl sites for hydroxylation is 1. The predicted octanol–water partition coefficient (Wildman–Crippen LogP) is 2.97. The molecule has 90 valence electrons. The fourth-order valence-corrected chi connectivity index (χ4v) is 2.77. The van der Waals surface area contributed by atoms with Crippen LogP contribution in [-0.4, -0.2) is 25.2 Å². The van der Waals surface area contributed by atoms with Crippen LogP contribution >= 0.6 is 27.3 Å². The fourth-order valence-electron chi connectivity index (χ4n) is 1.34. The normalized spacial score (nSPS) is 11.6. The maximum atomic E-state index is 11.9. The van der Waals surface area contributed by atoms with Gasteiger partial charge in [-0.15, -0.1) is 11.3 Å². The molecule has 0 aliphatic carbocycles. The Morgan fingerprint density at radius 2 is 2.25 bits per heavy atom. The molecule has 0 radical (unpaired) electrons. The highest BCUT2D eigenvalue weighted by molar-refractivity contribution is 9.11. The van der Waals surface area contributed by atoms with E-state index in [9.17, 15) is 4.79 Å². The third kappa shape index (κ3) is 3.57. The van der Waals surface area contributed by atoms with E-state index in [0.717, 1.165) is 9.35 Å². The van der Waals surface area contributed by atoms with Gasteiger partial charge in [0.25, 0.3) is 5.91 Å². The van der Waals surface area contributed by atoms with Gasteiger partial charge >= 0.3 is 0 Å². The highest BCUT2D eigenvalue weighted by Gasteiger charge is 2.22. The molecule has 0 unspecified atom stereocenters. The summed E-state index contributed by atoms with van der Waals surface area (Å²) in [7, 11) is 1.62. The molecular formula is C11H16BrNO2S. The van der Waals surface area contributed by atoms with E-state index < -0.39 is 0 Å². The minimum absolute atomic E-state index is 0.0548. The van der Waals surface area contributed by atoms with Gasteiger partial charge in [0, 0.05) is 7.11 Å². The zero-order chi connectivity index (χ0) is 12.3. The van der Waals surface area contributed by atoms with Gasteiger partial charge in [0.15, 0.2) is 0 Å². The Bertz CT molecular complexity index is 368. The molecule has 0 aliphatic heterocycles. The SMILES string of the molecule is COCC(C)(C)NC(=O)c1cc(C)c(Br)s1. The Hall–Kier alpha value is -0.390. The average molecular weight is 306 g/mol. The minimum atomic E-state index is -0.351. The van der Waals surface area contributed by atoms with Gasteiger partial charge in [-0.05, 0) is 48.3 Å². The van der Waals surface area contributed by atoms with Crippen LogP contribution in [0.15, 0.2) is 9.85 Å². The van der Waals surface area contributed by atoms with Gasteiger partial charge in [0.05, 0.1) is 20.8 Å². The molecule has 1 aromatic rings. The first kappa shape index (κ1) is 13.7. The number of nitrogens with one attached hydrogen (secondary N) is 1. The van der Waals surface area contributed by atoms with Gasteiger partial charge in [-0.2, -0.15) is 0 Å². The molecule has 0 aromatic carbocycles. The summed E-state index contributed by atoms with van der Waals surface area (Å²) in [4.78, 5) is 12.6. The van der Waals surface area contributed by atoms with E-state index >= 15 is 0 Å². The van der Waals surface area contributed by atoms with Crippen molar-refractivity contribution in [3.63, 3.8) is 0 Å². The number of halogens is 1. The van der Waals surface area contributed by atoms with Crippen LogP contribution in [0.2, 0.25) is 0 Å². The summed E-state index contributed by atoms with van der Waals surface area (Å²) >= 11 is 4.85. The number of carbonyl (C=O) groups excluding carboxylic acids is 1. The maximum absolute atomic E-state index is 11.9. The molecular weight excluding hydrogens is 290 g/mol. The van der Waals surface area contributed by atoms with Crippen LogP contribution in [0.3, 0.4) is 0 Å². The van der Waals surface area contributed by atoms with Gasteiger partial charge in [-0.25, -0.2) is 0 Å². The Morgan fingerprint density at radius 3 is 2.69 bits per heavy atom. The number of hydrogen-bond donors (Lipinski definition) is 1. The number of methoxy groups -OCH3 is 1. The van der Waals surface area contributed by atoms with Crippen molar-refractivity contribution in [2.75, 3.05) is 13.7 Å². The molecule has 1 N–H and O–H groups in total. The molecule has 0 bridgehead atoms. The van der Waals surface area contributed by atoms with Gasteiger partial charge in [-0.1, -0.05) is 0 Å². The molecule has 1 rings (SSSR count). The third-order valence-corrected chi connectivity index (χ3v) is 4.17. The lowest BCUT2D eigenvalue weighted by molar-refractivity contribution is 0.0824. The Labute approximate surface area is 108 Å². The summed E-state index contributed by atoms with van der Waals surface area (Å²) in [5.74, 6) is -0.0548. The molecule has 0 fully saturated rings. The first-order chi connectivity index (χ1) is 7.35. The molecule has 5 heteroatoms. The molecule has 3 nitrogen and oxygen atoms in total. The largest absolute Gasteiger partial charge is 0.382 e. The summed E-state index contributed by atoms with van der Waals surface area (Å²) < 4.78 is 6.05. The van der Waals surface area contributed by atoms with Gasteiger partial charge in [0.1, 0.15) is 0 Å². The molecule has 0 atom stereocenters. The van der Waals surface area contributed by atoms with Crippen LogP contribution < -0.4 is 5.32 Å². The maximum Gasteiger partial charge on any atom is 0.261 e. The first-order valence-corrected chi connectivity index (χ1v) is 6.54. The first-order valence-electron chi connectivity index (χ1n) is 4.93. The topological polar surface area (TPSA) is 38.3 Å². The van der Waals surface area contributed by atoms with Crippen molar-refractivity contribution in [2.24, 2.45) is 0 Å². The molecule has 1 heterocycles. The lowest BCUT2D eigenvalue weighted by Gasteiger charge is -2.24. The lowest BCUT2D eigenvalue weighted by atomic mass is 10.1. The van der Waals surface area contributed by atoms with Crippen molar-refractivity contribution in [1.29, 1.82) is 0 Å². The van der Waals surface area contributed by atoms with E-state index in [4.69, 9.17) is 4.74 Å². The summed E-state index contributed by atoms with van der Waals surface area (Å²) in [6, 6.07) is 1.88. The second-order valence-electron chi connectivity index (χ2n) is 4.34. The zero-order valence-corrected chi connectivity index (χ0v) is 12.3. The van der Waals surface area contributed by atoms with Gasteiger partial charge in [0.2, 0.25) is 0 Å². The second-order valence-corrected chi connectivity index (χ2v) is 6.71. The minimum Gasteiger partial charge on any atom is -0.382 e. The van der Waals surface area contributed by atoms with E-state index in [1.54, 1.807) is 7.11 Å². The van der Waals surface area contributed by atoms with Gasteiger partial charge in [-0.3, -0.25) is 4.79 Å². The van der Waals surface area contributed by atoms with Crippen molar-refractivity contribution in [3.05, 3.63) is 20.3 Å². The summed E-state index contributed by atoms with van der Waals surface area (Å²) in [6.07, 6.45) is 0. The van der Waals surface area contributed by atoms with Gasteiger partial charge < -0.3 is 10.1 Å². The Balaban J connectivity index is 2.72. The van der Waals surface area contributed by atoms with Crippen molar-refractivity contribution < 1.29 is 9.53 Å². The number of rotatable bonds is 4. The fraction of sp³-hybridized carbons (Fsp3) is 0.545. The van der Waals surface area contributed by atoms with Crippen LogP contribution in [0.25, 0.3) is 0 Å². The summed E-state index contributed by atoms with van der Waals surface area (Å²) in [5, 5.41) is 2.94. The quantitative estimate of drug-likeness (QED) is 0.929. The monoisotopic (exact) mass is 305 g/mol. The molecule has 1 amide bonds. The number of carbonyl (C=O) groups is 1. The summed E-state index contributed by atoms with van der Waals surface area (Å²) in [6.45, 7) is 6.33. The number of amides is 1. The van der Waals surface area contributed by atoms with E-state index in [1.165, 1.54) is 11.3 Å². The molecule has 0 spiro atoms. The Morgan fingerprint density at radius 1 is 1.62 bits per heavy atom. The lowest BCUT2D eigenvalue weighted by Crippen LogP contribution is -2.46. The number of hydrogen-bond acceptors (Lipinski definition) is 3. The molecule has 0 aliphatic rings. The van der Waals surface area contributed by atoms with E-state index in [2.05, 4.69) is 21.2 Å². The van der Waals surface area contributed by atoms with E-state index in [1.807, 2.05) is 26.8 Å². The van der Waals surface area contributed by atoms with Crippen molar-refractivity contribution in [1.82, 2.24) is 5.32 Å². The van der Waals surface area contributed by atoms with Crippen LogP contribution in [0, 0.1) is 6.92 Å². The highest BCUT2D eigenvalue weighted by atomic mass is 79.9. The average Bonchev–Trinajstić information content (AvgIpc) is 2.46. The summed E-state index contributed by atoms with van der Waals surface area (Å²) in [5.41, 5.74) is 0.732. The number of ether oxygens (including phenoxy) is 1. The van der Waals surface area contributed by atoms with E-state index in [0.29, 0.717) is 11.5 Å². The Kier molecular flexibility index (Phi) is 4.52. The van der Waals surface area contributed by atoms with Crippen molar-refractivity contribution in [2.45, 2.75) is 26.3 Å². The predicted molar refractivity (Wildman–Crippen MR) is 70.2 cm³/mol. The number of thiophene rings is 1. The zero-order valence-electron chi connectivity index (χ0n) is 9.89. The van der Waals surface area contributed by atoms with Crippen LogP contribution in [-0.2, 0) is 4.74 Å².